The normalized spacial score (nSPS) is 17.7. The Balaban J connectivity index is 1.13. The number of imidazole rings is 2. The monoisotopic (exact) mass is 804 g/mol. The summed E-state index contributed by atoms with van der Waals surface area (Å²) in [5, 5.41) is 6.11. The van der Waals surface area contributed by atoms with Crippen LogP contribution in [-0.2, 0) is 19.1 Å². The van der Waals surface area contributed by atoms with Crippen LogP contribution in [0.2, 0.25) is 0 Å². The first kappa shape index (κ1) is 40.5. The zero-order valence-electron chi connectivity index (χ0n) is 34.2. The SMILES string of the molecule is COC(=O)N[C@H](C(=O)N1CC(C)=C[C@H]1c1ncc(-c2ccc3c(=O)c4cc(-c5cnc([C@@H]6C=C(C)CN6C(=O)[C@@H](NC(=O)OC)C(C)C)[nH]5)ccc4oc3c2)[nH]1)C(C)C. The van der Waals surface area contributed by atoms with Crippen molar-refractivity contribution in [1.82, 2.24) is 40.4 Å². The van der Waals surface area contributed by atoms with Crippen molar-refractivity contribution in [3.05, 3.63) is 94.0 Å². The Morgan fingerprint density at radius 3 is 1.66 bits per heavy atom. The zero-order chi connectivity index (χ0) is 42.3. The van der Waals surface area contributed by atoms with E-state index >= 15 is 0 Å². The number of rotatable bonds is 10. The molecular formula is C43H48N8O8. The first-order chi connectivity index (χ1) is 28.2. The minimum atomic E-state index is -0.787. The molecule has 2 aromatic carbocycles. The maximum absolute atomic E-state index is 13.9. The highest BCUT2D eigenvalue weighted by atomic mass is 16.5. The molecule has 5 aromatic rings. The molecular weight excluding hydrogens is 757 g/mol. The molecule has 16 heteroatoms. The largest absolute Gasteiger partial charge is 0.456 e. The van der Waals surface area contributed by atoms with Gasteiger partial charge in [-0.3, -0.25) is 14.4 Å². The van der Waals surface area contributed by atoms with E-state index in [0.29, 0.717) is 63.6 Å². The van der Waals surface area contributed by atoms with Crippen molar-refractivity contribution in [3.63, 3.8) is 0 Å². The summed E-state index contributed by atoms with van der Waals surface area (Å²) in [6.07, 6.45) is 5.93. The van der Waals surface area contributed by atoms with Gasteiger partial charge in [0.1, 0.15) is 47.0 Å². The maximum atomic E-state index is 13.9. The van der Waals surface area contributed by atoms with Crippen LogP contribution in [0.25, 0.3) is 44.5 Å². The van der Waals surface area contributed by atoms with Crippen LogP contribution in [0.1, 0.15) is 65.3 Å². The van der Waals surface area contributed by atoms with Crippen molar-refractivity contribution in [2.24, 2.45) is 11.8 Å². The van der Waals surface area contributed by atoms with Gasteiger partial charge in [0.05, 0.1) is 48.8 Å². The molecule has 0 spiro atoms. The fourth-order valence-electron chi connectivity index (χ4n) is 7.65. The number of amides is 4. The number of carbonyl (C=O) groups excluding carboxylic acids is 4. The number of hydrogen-bond donors (Lipinski definition) is 4. The number of ether oxygens (including phenoxy) is 2. The van der Waals surface area contributed by atoms with Gasteiger partial charge in [0.25, 0.3) is 0 Å². The van der Waals surface area contributed by atoms with E-state index in [1.54, 1.807) is 46.5 Å². The van der Waals surface area contributed by atoms with Crippen LogP contribution in [0.5, 0.6) is 0 Å². The van der Waals surface area contributed by atoms with Gasteiger partial charge in [0.2, 0.25) is 17.2 Å². The number of carbonyl (C=O) groups is 4. The maximum Gasteiger partial charge on any atom is 0.407 e. The van der Waals surface area contributed by atoms with Gasteiger partial charge in [-0.2, -0.15) is 0 Å². The number of aromatic amines is 2. The van der Waals surface area contributed by atoms with Crippen LogP contribution >= 0.6 is 0 Å². The lowest BCUT2D eigenvalue weighted by Gasteiger charge is -2.30. The van der Waals surface area contributed by atoms with E-state index in [-0.39, 0.29) is 29.1 Å². The molecule has 0 saturated carbocycles. The average Bonchev–Trinajstić information content (AvgIpc) is 4.04. The molecule has 0 radical (unpaired) electrons. The van der Waals surface area contributed by atoms with Gasteiger partial charge in [-0.15, -0.1) is 0 Å². The topological polar surface area (TPSA) is 205 Å². The van der Waals surface area contributed by atoms with Crippen molar-refractivity contribution in [1.29, 1.82) is 0 Å². The van der Waals surface area contributed by atoms with Crippen LogP contribution < -0.4 is 16.1 Å². The molecule has 2 aliphatic heterocycles. The predicted octanol–water partition coefficient (Wildman–Crippen LogP) is 6.15. The number of hydrogen-bond acceptors (Lipinski definition) is 10. The molecule has 308 valence electrons. The number of fused-ring (bicyclic) bond motifs is 2. The van der Waals surface area contributed by atoms with E-state index in [1.165, 1.54) is 14.2 Å². The first-order valence-corrected chi connectivity index (χ1v) is 19.4. The van der Waals surface area contributed by atoms with Gasteiger partial charge >= 0.3 is 12.2 Å². The highest BCUT2D eigenvalue weighted by Gasteiger charge is 2.38. The van der Waals surface area contributed by atoms with E-state index in [1.807, 2.05) is 65.8 Å². The molecule has 3 aromatic heterocycles. The van der Waals surface area contributed by atoms with E-state index in [2.05, 4.69) is 30.6 Å². The summed E-state index contributed by atoms with van der Waals surface area (Å²) in [7, 11) is 2.52. The number of methoxy groups -OCH3 is 2. The van der Waals surface area contributed by atoms with E-state index in [9.17, 15) is 24.0 Å². The van der Waals surface area contributed by atoms with Gasteiger partial charge in [0.15, 0.2) is 0 Å². The molecule has 5 heterocycles. The van der Waals surface area contributed by atoms with E-state index in [4.69, 9.17) is 13.9 Å². The zero-order valence-corrected chi connectivity index (χ0v) is 34.2. The van der Waals surface area contributed by atoms with Crippen molar-refractivity contribution in [2.45, 2.75) is 65.7 Å². The van der Waals surface area contributed by atoms with Gasteiger partial charge in [-0.25, -0.2) is 19.6 Å². The number of nitrogens with zero attached hydrogens (tertiary/aromatic N) is 4. The van der Waals surface area contributed by atoms with Crippen molar-refractivity contribution in [3.8, 4) is 22.5 Å². The number of nitrogens with one attached hydrogen (secondary N) is 4. The van der Waals surface area contributed by atoms with Crippen LogP contribution in [-0.4, -0.2) is 93.1 Å². The summed E-state index contributed by atoms with van der Waals surface area (Å²) in [4.78, 5) is 84.7. The quantitative estimate of drug-likeness (QED) is 0.0937. The van der Waals surface area contributed by atoms with Gasteiger partial charge in [-0.1, -0.05) is 57.1 Å². The molecule has 0 fully saturated rings. The molecule has 0 aliphatic carbocycles. The third kappa shape index (κ3) is 7.94. The summed E-state index contributed by atoms with van der Waals surface area (Å²) in [6, 6.07) is 8.12. The van der Waals surface area contributed by atoms with Gasteiger partial charge in [-0.05, 0) is 56.0 Å². The van der Waals surface area contributed by atoms with Crippen LogP contribution in [0.3, 0.4) is 0 Å². The van der Waals surface area contributed by atoms with E-state index in [0.717, 1.165) is 16.7 Å². The van der Waals surface area contributed by atoms with Crippen LogP contribution in [0.15, 0.2) is 81.3 Å². The highest BCUT2D eigenvalue weighted by molar-refractivity contribution is 5.93. The molecule has 4 amide bonds. The molecule has 0 unspecified atom stereocenters. The molecule has 16 nitrogen and oxygen atoms in total. The second-order valence-corrected chi connectivity index (χ2v) is 15.8. The summed E-state index contributed by atoms with van der Waals surface area (Å²) >= 11 is 0. The summed E-state index contributed by atoms with van der Waals surface area (Å²) in [5.41, 5.74) is 5.32. The first-order valence-electron chi connectivity index (χ1n) is 19.4. The smallest absolute Gasteiger partial charge is 0.407 e. The molecule has 59 heavy (non-hydrogen) atoms. The third-order valence-corrected chi connectivity index (χ3v) is 10.8. The Labute approximate surface area is 340 Å². The Morgan fingerprint density at radius 2 is 1.19 bits per heavy atom. The molecule has 4 atom stereocenters. The van der Waals surface area contributed by atoms with Crippen LogP contribution in [0, 0.1) is 11.8 Å². The Bertz CT molecular complexity index is 2580. The minimum Gasteiger partial charge on any atom is -0.456 e. The van der Waals surface area contributed by atoms with Crippen LogP contribution in [0.4, 0.5) is 9.59 Å². The fourth-order valence-corrected chi connectivity index (χ4v) is 7.65. The van der Waals surface area contributed by atoms with Crippen molar-refractivity contribution < 1.29 is 33.1 Å². The fraction of sp³-hybridized carbons (Fsp3) is 0.372. The second kappa shape index (κ2) is 16.3. The Kier molecular flexibility index (Phi) is 11.2. The predicted molar refractivity (Wildman–Crippen MR) is 220 cm³/mol. The summed E-state index contributed by atoms with van der Waals surface area (Å²) in [6.45, 7) is 12.1. The highest BCUT2D eigenvalue weighted by Crippen LogP contribution is 2.34. The van der Waals surface area contributed by atoms with Crippen molar-refractivity contribution in [2.75, 3.05) is 27.3 Å². The second-order valence-electron chi connectivity index (χ2n) is 15.8. The Hall–Kier alpha value is -6.71. The lowest BCUT2D eigenvalue weighted by atomic mass is 10.0. The standard InChI is InChI=1S/C43H48N8O8/c1-21(2)35(48-42(55)57-7)40(53)50-19-23(5)13-31(50)38-44-17-29(46-38)25-10-12-33-28(15-25)37(52)27-11-9-26(16-34(27)59-33)30-18-45-39(47-30)32-14-24(6)20-51(32)41(54)36(22(3)4)49-43(56)58-8/h9-18,21-22,31-32,35-36H,19-20H2,1-8H3,(H,44,46)(H,45,47)(H,48,55)(H,49,56)/t31-,32-,35-,36-/m0/s1. The van der Waals surface area contributed by atoms with Gasteiger partial charge < -0.3 is 44.3 Å². The average molecular weight is 805 g/mol. The number of H-pyrrole nitrogens is 2. The Morgan fingerprint density at radius 1 is 0.712 bits per heavy atom. The lowest BCUT2D eigenvalue weighted by Crippen LogP contribution is -2.51. The molecule has 4 N–H and O–H groups in total. The minimum absolute atomic E-state index is 0.180. The molecule has 7 rings (SSSR count). The number of aromatic nitrogens is 4. The molecule has 0 saturated heterocycles. The molecule has 2 aliphatic rings. The number of benzene rings is 2. The van der Waals surface area contributed by atoms with Crippen molar-refractivity contribution >= 4 is 45.9 Å². The third-order valence-electron chi connectivity index (χ3n) is 10.8. The summed E-state index contributed by atoms with van der Waals surface area (Å²) in [5.74, 6) is 0.229. The number of alkyl carbamates (subject to hydrolysis) is 2. The molecule has 0 bridgehead atoms. The lowest BCUT2D eigenvalue weighted by molar-refractivity contribution is -0.135. The van der Waals surface area contributed by atoms with E-state index < -0.39 is 36.4 Å². The summed E-state index contributed by atoms with van der Waals surface area (Å²) < 4.78 is 15.8. The van der Waals surface area contributed by atoms with Gasteiger partial charge in [0, 0.05) is 24.2 Å².